The van der Waals surface area contributed by atoms with Crippen LogP contribution in [0.15, 0.2) is 0 Å². The number of nitrogens with zero attached hydrogens (tertiary/aromatic N) is 1. The van der Waals surface area contributed by atoms with Gasteiger partial charge in [0.05, 0.1) is 0 Å². The maximum absolute atomic E-state index is 11.7. The average Bonchev–Trinajstić information content (AvgIpc) is 2.50. The molecule has 1 N–H and O–H groups in total. The highest BCUT2D eigenvalue weighted by Gasteiger charge is 2.29. The van der Waals surface area contributed by atoms with Crippen molar-refractivity contribution in [2.75, 3.05) is 19.6 Å². The Hall–Kier alpha value is -0.480. The van der Waals surface area contributed by atoms with E-state index in [2.05, 4.69) is 4.84 Å². The molecule has 1 aliphatic heterocycles. The molecule has 1 atom stereocenters. The molecule has 1 fully saturated rings. The Kier molecular flexibility index (Phi) is 4.22. The molecular formula is C10H19ClN2O2. The molecule has 0 unspecified atom stereocenters. The molecule has 0 saturated carbocycles. The van der Waals surface area contributed by atoms with E-state index in [0.717, 1.165) is 26.1 Å². The Morgan fingerprint density at radius 1 is 1.60 bits per heavy atom. The van der Waals surface area contributed by atoms with Crippen LogP contribution in [0.5, 0.6) is 0 Å². The molecule has 0 aromatic heterocycles. The first-order chi connectivity index (χ1) is 6.92. The van der Waals surface area contributed by atoms with Gasteiger partial charge < -0.3 is 9.64 Å². The Bertz CT molecular complexity index is 228. The molecule has 0 aromatic rings. The first-order valence-electron chi connectivity index (χ1n) is 5.24. The molecule has 15 heavy (non-hydrogen) atoms. The van der Waals surface area contributed by atoms with Crippen molar-refractivity contribution in [2.45, 2.75) is 32.8 Å². The van der Waals surface area contributed by atoms with Crippen LogP contribution in [0.2, 0.25) is 0 Å². The van der Waals surface area contributed by atoms with E-state index in [1.807, 2.05) is 20.8 Å². The zero-order valence-corrected chi connectivity index (χ0v) is 10.3. The number of carbonyl (C=O) groups is 1. The molecule has 0 spiro atoms. The summed E-state index contributed by atoms with van der Waals surface area (Å²) in [6.45, 7) is 7.85. The van der Waals surface area contributed by atoms with Crippen molar-refractivity contribution in [2.24, 2.45) is 5.92 Å². The minimum Gasteiger partial charge on any atom is -0.444 e. The number of ether oxygens (including phenoxy) is 1. The number of nitrogens with one attached hydrogen (secondary N) is 1. The van der Waals surface area contributed by atoms with E-state index in [1.54, 1.807) is 4.90 Å². The molecule has 0 aromatic carbocycles. The lowest BCUT2D eigenvalue weighted by atomic mass is 10.1. The lowest BCUT2D eigenvalue weighted by Crippen LogP contribution is -2.35. The summed E-state index contributed by atoms with van der Waals surface area (Å²) in [6.07, 6.45) is 0.762. The fourth-order valence-electron chi connectivity index (χ4n) is 1.60. The molecular weight excluding hydrogens is 216 g/mol. The summed E-state index contributed by atoms with van der Waals surface area (Å²) < 4.78 is 5.28. The molecule has 1 amide bonds. The normalized spacial score (nSPS) is 21.9. The predicted molar refractivity (Wildman–Crippen MR) is 59.8 cm³/mol. The maximum atomic E-state index is 11.7. The van der Waals surface area contributed by atoms with Gasteiger partial charge in [-0.25, -0.2) is 9.63 Å². The van der Waals surface area contributed by atoms with Crippen molar-refractivity contribution < 1.29 is 9.53 Å². The maximum Gasteiger partial charge on any atom is 0.410 e. The fourth-order valence-corrected chi connectivity index (χ4v) is 1.82. The zero-order chi connectivity index (χ0) is 11.5. The fraction of sp³-hybridized carbons (Fsp3) is 0.900. The van der Waals surface area contributed by atoms with Crippen LogP contribution in [0.1, 0.15) is 27.2 Å². The van der Waals surface area contributed by atoms with E-state index in [0.29, 0.717) is 5.92 Å². The number of halogens is 1. The molecule has 0 bridgehead atoms. The van der Waals surface area contributed by atoms with Crippen LogP contribution in [0, 0.1) is 5.92 Å². The van der Waals surface area contributed by atoms with E-state index in [-0.39, 0.29) is 6.09 Å². The first-order valence-corrected chi connectivity index (χ1v) is 5.61. The Balaban J connectivity index is 2.37. The van der Waals surface area contributed by atoms with Crippen molar-refractivity contribution in [1.82, 2.24) is 9.74 Å². The summed E-state index contributed by atoms with van der Waals surface area (Å²) >= 11 is 5.43. The number of likely N-dealkylation sites (tertiary alicyclic amines) is 1. The summed E-state index contributed by atoms with van der Waals surface area (Å²) in [5.74, 6) is 0.440. The highest BCUT2D eigenvalue weighted by molar-refractivity contribution is 6.13. The summed E-state index contributed by atoms with van der Waals surface area (Å²) in [5, 5.41) is 0. The standard InChI is InChI=1S/C10H19ClN2O2/c1-10(2,3)15-9(14)13-5-4-8(7-13)6-12-11/h8,12H,4-7H2,1-3H3/t8-/m0/s1. The van der Waals surface area contributed by atoms with Crippen molar-refractivity contribution in [3.05, 3.63) is 0 Å². The highest BCUT2D eigenvalue weighted by atomic mass is 35.5. The summed E-state index contributed by atoms with van der Waals surface area (Å²) in [4.78, 5) is 16.0. The molecule has 1 heterocycles. The van der Waals surface area contributed by atoms with Crippen LogP contribution >= 0.6 is 11.8 Å². The number of hydrogen-bond acceptors (Lipinski definition) is 3. The van der Waals surface area contributed by atoms with Crippen LogP contribution in [0.4, 0.5) is 4.79 Å². The van der Waals surface area contributed by atoms with Gasteiger partial charge in [-0.3, -0.25) is 0 Å². The second-order valence-electron chi connectivity index (χ2n) is 4.92. The largest absolute Gasteiger partial charge is 0.444 e. The van der Waals surface area contributed by atoms with Gasteiger partial charge in [-0.1, -0.05) is 0 Å². The van der Waals surface area contributed by atoms with Gasteiger partial charge in [0.2, 0.25) is 0 Å². The van der Waals surface area contributed by atoms with E-state index >= 15 is 0 Å². The van der Waals surface area contributed by atoms with E-state index in [9.17, 15) is 4.79 Å². The minimum atomic E-state index is -0.417. The minimum absolute atomic E-state index is 0.223. The highest BCUT2D eigenvalue weighted by Crippen LogP contribution is 2.18. The van der Waals surface area contributed by atoms with Crippen LogP contribution in [-0.4, -0.2) is 36.2 Å². The van der Waals surface area contributed by atoms with Gasteiger partial charge in [0, 0.05) is 19.6 Å². The van der Waals surface area contributed by atoms with Crippen molar-refractivity contribution in [3.8, 4) is 0 Å². The SMILES string of the molecule is CC(C)(C)OC(=O)N1CC[C@@H](CNCl)C1. The second kappa shape index (κ2) is 5.03. The second-order valence-corrected chi connectivity index (χ2v) is 5.19. The summed E-state index contributed by atoms with van der Waals surface area (Å²) in [6, 6.07) is 0. The molecule has 1 aliphatic rings. The lowest BCUT2D eigenvalue weighted by Gasteiger charge is -2.24. The lowest BCUT2D eigenvalue weighted by molar-refractivity contribution is 0.0288. The first kappa shape index (κ1) is 12.6. The van der Waals surface area contributed by atoms with Gasteiger partial charge in [-0.05, 0) is 44.9 Å². The quantitative estimate of drug-likeness (QED) is 0.743. The Labute approximate surface area is 96.0 Å². The topological polar surface area (TPSA) is 41.6 Å². The number of carbonyl (C=O) groups excluding carboxylic acids is 1. The Morgan fingerprint density at radius 2 is 2.27 bits per heavy atom. The van der Waals surface area contributed by atoms with Crippen LogP contribution < -0.4 is 4.84 Å². The van der Waals surface area contributed by atoms with Gasteiger partial charge >= 0.3 is 6.09 Å². The third kappa shape index (κ3) is 4.26. The molecule has 0 aliphatic carbocycles. The van der Waals surface area contributed by atoms with Crippen LogP contribution in [0.25, 0.3) is 0 Å². The van der Waals surface area contributed by atoms with Gasteiger partial charge in [0.25, 0.3) is 0 Å². The molecule has 1 rings (SSSR count). The van der Waals surface area contributed by atoms with Crippen molar-refractivity contribution >= 4 is 17.9 Å². The average molecular weight is 235 g/mol. The monoisotopic (exact) mass is 234 g/mol. The van der Waals surface area contributed by atoms with Crippen molar-refractivity contribution in [3.63, 3.8) is 0 Å². The summed E-state index contributed by atoms with van der Waals surface area (Å²) in [5.41, 5.74) is -0.417. The number of amides is 1. The third-order valence-corrected chi connectivity index (χ3v) is 2.46. The van der Waals surface area contributed by atoms with Gasteiger partial charge in [-0.2, -0.15) is 0 Å². The van der Waals surface area contributed by atoms with Crippen molar-refractivity contribution in [1.29, 1.82) is 0 Å². The smallest absolute Gasteiger partial charge is 0.410 e. The molecule has 4 nitrogen and oxygen atoms in total. The van der Waals surface area contributed by atoms with Crippen LogP contribution in [0.3, 0.4) is 0 Å². The predicted octanol–water partition coefficient (Wildman–Crippen LogP) is 1.99. The Morgan fingerprint density at radius 3 is 2.80 bits per heavy atom. The molecule has 5 heteroatoms. The summed E-state index contributed by atoms with van der Waals surface area (Å²) in [7, 11) is 0. The van der Waals surface area contributed by atoms with E-state index < -0.39 is 5.60 Å². The number of rotatable bonds is 2. The molecule has 88 valence electrons. The molecule has 0 radical (unpaired) electrons. The van der Waals surface area contributed by atoms with Crippen LogP contribution in [-0.2, 0) is 4.74 Å². The number of hydrogen-bond donors (Lipinski definition) is 1. The third-order valence-electron chi connectivity index (χ3n) is 2.30. The van der Waals surface area contributed by atoms with E-state index in [1.165, 1.54) is 0 Å². The zero-order valence-electron chi connectivity index (χ0n) is 9.55. The van der Waals surface area contributed by atoms with Gasteiger partial charge in [-0.15, -0.1) is 0 Å². The van der Waals surface area contributed by atoms with Gasteiger partial charge in [0.15, 0.2) is 0 Å². The molecule has 1 saturated heterocycles. The van der Waals surface area contributed by atoms with E-state index in [4.69, 9.17) is 16.5 Å². The van der Waals surface area contributed by atoms with Gasteiger partial charge in [0.1, 0.15) is 5.60 Å².